The Morgan fingerprint density at radius 2 is 2.29 bits per heavy atom. The molecular weight excluding hydrogens is 410 g/mol. The van der Waals surface area contributed by atoms with Crippen LogP contribution in [0.4, 0.5) is 0 Å². The standard InChI is InChI=1S/C11H11Br2N5O3/c1-2-3-21-10-7(4-8(12)5-9(10)13)6-15-16-11(14)17-18(19)20/h2,4-6H,1,3H2,(H3,14,16,17)/b15-6-. The van der Waals surface area contributed by atoms with Gasteiger partial charge in [-0.25, -0.2) is 10.1 Å². The van der Waals surface area contributed by atoms with Crippen LogP contribution in [-0.4, -0.2) is 23.8 Å². The van der Waals surface area contributed by atoms with Crippen molar-refractivity contribution in [3.63, 3.8) is 0 Å². The number of guanidine groups is 1. The summed E-state index contributed by atoms with van der Waals surface area (Å²) < 4.78 is 7.02. The van der Waals surface area contributed by atoms with E-state index in [1.165, 1.54) is 6.21 Å². The number of hydrogen-bond acceptors (Lipinski definition) is 5. The molecule has 0 aliphatic heterocycles. The predicted octanol–water partition coefficient (Wildman–Crippen LogP) is 2.21. The molecule has 0 aliphatic rings. The first-order chi connectivity index (χ1) is 9.93. The fraction of sp³-hybridized carbons (Fsp3) is 0.0909. The molecule has 0 saturated heterocycles. The Labute approximate surface area is 137 Å². The Balaban J connectivity index is 3.00. The largest absolute Gasteiger partial charge is 0.488 e. The van der Waals surface area contributed by atoms with Crippen LogP contribution in [0.3, 0.4) is 0 Å². The average Bonchev–Trinajstić information content (AvgIpc) is 2.36. The zero-order chi connectivity index (χ0) is 15.8. The van der Waals surface area contributed by atoms with Crippen molar-refractivity contribution in [2.75, 3.05) is 6.61 Å². The zero-order valence-electron chi connectivity index (χ0n) is 10.6. The monoisotopic (exact) mass is 419 g/mol. The summed E-state index contributed by atoms with van der Waals surface area (Å²) in [7, 11) is 0. The van der Waals surface area contributed by atoms with Crippen LogP contribution in [0, 0.1) is 10.1 Å². The molecule has 0 bridgehead atoms. The van der Waals surface area contributed by atoms with Crippen molar-refractivity contribution in [2.45, 2.75) is 0 Å². The third kappa shape index (κ3) is 5.92. The lowest BCUT2D eigenvalue weighted by Crippen LogP contribution is -2.35. The van der Waals surface area contributed by atoms with Gasteiger partial charge >= 0.3 is 0 Å². The fourth-order valence-corrected chi connectivity index (χ4v) is 2.61. The fourth-order valence-electron chi connectivity index (χ4n) is 1.24. The second-order valence-corrected chi connectivity index (χ2v) is 5.27. The van der Waals surface area contributed by atoms with Gasteiger partial charge in [-0.3, -0.25) is 0 Å². The highest BCUT2D eigenvalue weighted by atomic mass is 79.9. The number of nitrogens with one attached hydrogen (secondary N) is 1. The molecule has 112 valence electrons. The van der Waals surface area contributed by atoms with Crippen molar-refractivity contribution in [3.8, 4) is 5.75 Å². The quantitative estimate of drug-likeness (QED) is 0.240. The van der Waals surface area contributed by atoms with E-state index in [2.05, 4.69) is 48.6 Å². The first kappa shape index (κ1) is 17.1. The maximum Gasteiger partial charge on any atom is 0.275 e. The highest BCUT2D eigenvalue weighted by Crippen LogP contribution is 2.32. The van der Waals surface area contributed by atoms with E-state index in [9.17, 15) is 10.1 Å². The molecule has 3 N–H and O–H groups in total. The molecule has 1 rings (SSSR count). The van der Waals surface area contributed by atoms with E-state index in [0.717, 1.165) is 4.47 Å². The molecule has 8 nitrogen and oxygen atoms in total. The van der Waals surface area contributed by atoms with E-state index in [-0.39, 0.29) is 0 Å². The maximum absolute atomic E-state index is 10.1. The summed E-state index contributed by atoms with van der Waals surface area (Å²) in [5.74, 6) is 0.108. The van der Waals surface area contributed by atoms with Gasteiger partial charge < -0.3 is 10.5 Å². The van der Waals surface area contributed by atoms with Crippen LogP contribution >= 0.6 is 31.9 Å². The number of rotatable bonds is 6. The van der Waals surface area contributed by atoms with E-state index in [0.29, 0.717) is 22.4 Å². The number of halogens is 2. The average molecular weight is 421 g/mol. The SMILES string of the molecule is C=CCOc1c(Br)cc(Br)cc1/C=N\N=C(N)N[N+](=O)[O-]. The van der Waals surface area contributed by atoms with Gasteiger partial charge in [0.1, 0.15) is 12.4 Å². The topological polar surface area (TPSA) is 115 Å². The summed E-state index contributed by atoms with van der Waals surface area (Å²) in [5, 5.41) is 16.4. The maximum atomic E-state index is 10.1. The number of ether oxygens (including phenoxy) is 1. The van der Waals surface area contributed by atoms with Gasteiger partial charge in [-0.2, -0.15) is 5.10 Å². The smallest absolute Gasteiger partial charge is 0.275 e. The van der Waals surface area contributed by atoms with E-state index >= 15 is 0 Å². The molecule has 21 heavy (non-hydrogen) atoms. The van der Waals surface area contributed by atoms with Crippen molar-refractivity contribution in [1.82, 2.24) is 5.43 Å². The lowest BCUT2D eigenvalue weighted by Gasteiger charge is -2.09. The van der Waals surface area contributed by atoms with Gasteiger partial charge in [0, 0.05) is 10.0 Å². The van der Waals surface area contributed by atoms with Crippen molar-refractivity contribution in [2.24, 2.45) is 15.9 Å². The first-order valence-electron chi connectivity index (χ1n) is 5.44. The van der Waals surface area contributed by atoms with Gasteiger partial charge in [0.2, 0.25) is 0 Å². The summed E-state index contributed by atoms with van der Waals surface area (Å²) in [4.78, 5) is 10.1. The number of nitrogens with two attached hydrogens (primary N) is 1. The van der Waals surface area contributed by atoms with Gasteiger partial charge in [0.05, 0.1) is 10.7 Å². The first-order valence-corrected chi connectivity index (χ1v) is 7.03. The zero-order valence-corrected chi connectivity index (χ0v) is 13.8. The molecular formula is C11H11Br2N5O3. The van der Waals surface area contributed by atoms with E-state index in [1.54, 1.807) is 17.6 Å². The van der Waals surface area contributed by atoms with E-state index < -0.39 is 11.0 Å². The van der Waals surface area contributed by atoms with E-state index in [1.807, 2.05) is 6.07 Å². The second-order valence-electron chi connectivity index (χ2n) is 3.50. The van der Waals surface area contributed by atoms with Crippen LogP contribution < -0.4 is 15.9 Å². The van der Waals surface area contributed by atoms with Crippen LogP contribution in [0.1, 0.15) is 5.56 Å². The summed E-state index contributed by atoms with van der Waals surface area (Å²) >= 11 is 6.71. The molecule has 0 atom stereocenters. The Kier molecular flexibility index (Phi) is 6.82. The Bertz CT molecular complexity index is 604. The van der Waals surface area contributed by atoms with Crippen LogP contribution in [-0.2, 0) is 0 Å². The van der Waals surface area contributed by atoms with Crippen LogP contribution in [0.25, 0.3) is 0 Å². The van der Waals surface area contributed by atoms with Crippen LogP contribution in [0.2, 0.25) is 0 Å². The van der Waals surface area contributed by atoms with Crippen LogP contribution in [0.15, 0.2) is 43.9 Å². The van der Waals surface area contributed by atoms with Gasteiger partial charge in [0.15, 0.2) is 5.03 Å². The molecule has 0 amide bonds. The molecule has 1 aromatic carbocycles. The third-order valence-corrected chi connectivity index (χ3v) is 3.00. The van der Waals surface area contributed by atoms with Gasteiger partial charge in [-0.15, -0.1) is 5.10 Å². The number of hydrazine groups is 1. The van der Waals surface area contributed by atoms with Crippen molar-refractivity contribution < 1.29 is 9.77 Å². The minimum Gasteiger partial charge on any atom is -0.488 e. The minimum atomic E-state index is -0.831. The number of nitro groups is 1. The highest BCUT2D eigenvalue weighted by Gasteiger charge is 2.08. The highest BCUT2D eigenvalue weighted by molar-refractivity contribution is 9.11. The van der Waals surface area contributed by atoms with Gasteiger partial charge in [-0.1, -0.05) is 34.0 Å². The molecule has 0 aliphatic carbocycles. The predicted molar refractivity (Wildman–Crippen MR) is 86.9 cm³/mol. The normalized spacial score (nSPS) is 11.4. The second kappa shape index (κ2) is 8.37. The molecule has 0 saturated carbocycles. The van der Waals surface area contributed by atoms with Crippen LogP contribution in [0.5, 0.6) is 5.75 Å². The molecule has 10 heteroatoms. The molecule has 0 fully saturated rings. The van der Waals surface area contributed by atoms with Crippen molar-refractivity contribution in [1.29, 1.82) is 0 Å². The molecule has 1 aromatic rings. The number of nitrogens with zero attached hydrogens (tertiary/aromatic N) is 3. The Morgan fingerprint density at radius 3 is 2.90 bits per heavy atom. The molecule has 0 unspecified atom stereocenters. The van der Waals surface area contributed by atoms with Crippen molar-refractivity contribution in [3.05, 3.63) is 49.4 Å². The van der Waals surface area contributed by atoms with Gasteiger partial charge in [-0.05, 0) is 28.1 Å². The molecule has 0 spiro atoms. The van der Waals surface area contributed by atoms with Gasteiger partial charge in [0.25, 0.3) is 5.96 Å². The van der Waals surface area contributed by atoms with Crippen molar-refractivity contribution >= 4 is 44.0 Å². The number of benzene rings is 1. The molecule has 0 heterocycles. The Hall–Kier alpha value is -1.94. The number of hydrogen-bond donors (Lipinski definition) is 2. The molecule has 0 radical (unpaired) electrons. The lowest BCUT2D eigenvalue weighted by atomic mass is 10.2. The Morgan fingerprint density at radius 1 is 1.57 bits per heavy atom. The minimum absolute atomic E-state index is 0.315. The lowest BCUT2D eigenvalue weighted by molar-refractivity contribution is -0.525. The van der Waals surface area contributed by atoms with E-state index in [4.69, 9.17) is 10.5 Å². The summed E-state index contributed by atoms with van der Waals surface area (Å²) in [6, 6.07) is 3.56. The third-order valence-electron chi connectivity index (χ3n) is 1.95. The summed E-state index contributed by atoms with van der Waals surface area (Å²) in [5.41, 5.74) is 7.52. The summed E-state index contributed by atoms with van der Waals surface area (Å²) in [6.07, 6.45) is 2.97. The molecule has 0 aromatic heterocycles. The summed E-state index contributed by atoms with van der Waals surface area (Å²) in [6.45, 7) is 3.89.